The topological polar surface area (TPSA) is 57.2 Å². The van der Waals surface area contributed by atoms with Crippen molar-refractivity contribution >= 4 is 17.3 Å². The van der Waals surface area contributed by atoms with E-state index in [4.69, 9.17) is 0 Å². The van der Waals surface area contributed by atoms with Gasteiger partial charge in [0.25, 0.3) is 0 Å². The van der Waals surface area contributed by atoms with Crippen molar-refractivity contribution in [2.75, 3.05) is 0 Å². The summed E-state index contributed by atoms with van der Waals surface area (Å²) in [6.45, 7) is 0. The van der Waals surface area contributed by atoms with Crippen molar-refractivity contribution in [1.82, 2.24) is 0 Å². The quantitative estimate of drug-likeness (QED) is 0.471. The third-order valence-electron chi connectivity index (χ3n) is 2.96. The van der Waals surface area contributed by atoms with Crippen LogP contribution in [0.5, 0.6) is 0 Å². The van der Waals surface area contributed by atoms with Gasteiger partial charge in [-0.25, -0.2) is 0 Å². The van der Waals surface area contributed by atoms with Crippen LogP contribution in [0.25, 0.3) is 5.76 Å². The molecule has 0 saturated heterocycles. The Hall–Kier alpha value is -1.95. The maximum atomic E-state index is 12.4. The van der Waals surface area contributed by atoms with Crippen LogP contribution < -0.4 is 26.3 Å². The number of allylic oxidation sites excluding steroid dienone is 1. The summed E-state index contributed by atoms with van der Waals surface area (Å²) in [4.78, 5) is 24.2. The zero-order valence-electron chi connectivity index (χ0n) is 10.3. The first-order chi connectivity index (χ1) is 9.68. The Kier molecular flexibility index (Phi) is 3.40. The molecule has 0 heterocycles. The molecular weight excluding hydrogens is 367 g/mol. The summed E-state index contributed by atoms with van der Waals surface area (Å²) in [7, 11) is 0. The molecule has 0 aromatic heterocycles. The first-order valence-corrected chi connectivity index (χ1v) is 8.14. The molecule has 0 N–H and O–H groups in total. The van der Waals surface area contributed by atoms with Crippen LogP contribution in [0.3, 0.4) is 0 Å². The van der Waals surface area contributed by atoms with Gasteiger partial charge in [0.15, 0.2) is 0 Å². The molecule has 0 spiro atoms. The summed E-state index contributed by atoms with van der Waals surface area (Å²) in [5.74, 6) is -1.49. The van der Waals surface area contributed by atoms with E-state index in [0.29, 0.717) is 5.56 Å². The predicted molar refractivity (Wildman–Crippen MR) is 67.8 cm³/mol. The summed E-state index contributed by atoms with van der Waals surface area (Å²) in [5.41, 5.74) is 0.575. The van der Waals surface area contributed by atoms with Gasteiger partial charge in [-0.3, -0.25) is 0 Å². The SMILES string of the molecule is O=C1C(=O)c2ccccc2C([O-])=C1[I-]c1ccccc1. The first-order valence-electron chi connectivity index (χ1n) is 5.98. The van der Waals surface area contributed by atoms with Crippen molar-refractivity contribution in [3.63, 3.8) is 0 Å². The molecule has 0 atom stereocenters. The second kappa shape index (κ2) is 5.20. The van der Waals surface area contributed by atoms with Crippen LogP contribution >= 0.6 is 0 Å². The summed E-state index contributed by atoms with van der Waals surface area (Å²) in [6.07, 6.45) is 0. The van der Waals surface area contributed by atoms with Crippen LogP contribution in [0.15, 0.2) is 58.2 Å². The van der Waals surface area contributed by atoms with E-state index in [0.717, 1.165) is 3.57 Å². The van der Waals surface area contributed by atoms with E-state index >= 15 is 0 Å². The first kappa shape index (κ1) is 13.1. The van der Waals surface area contributed by atoms with Crippen molar-refractivity contribution < 1.29 is 35.9 Å². The second-order valence-electron chi connectivity index (χ2n) is 4.24. The van der Waals surface area contributed by atoms with Gasteiger partial charge in [0.05, 0.1) is 0 Å². The Bertz CT molecular complexity index is 732. The van der Waals surface area contributed by atoms with Gasteiger partial charge in [-0.1, -0.05) is 0 Å². The third-order valence-corrected chi connectivity index (χ3v) is 5.82. The van der Waals surface area contributed by atoms with E-state index < -0.39 is 32.8 Å². The molecular formula is C16H9IO3-2. The Labute approximate surface area is 126 Å². The van der Waals surface area contributed by atoms with Crippen molar-refractivity contribution in [3.8, 4) is 0 Å². The van der Waals surface area contributed by atoms with Gasteiger partial charge in [0.1, 0.15) is 0 Å². The number of hydrogen-bond acceptors (Lipinski definition) is 3. The van der Waals surface area contributed by atoms with Gasteiger partial charge < -0.3 is 0 Å². The maximum absolute atomic E-state index is 12.4. The van der Waals surface area contributed by atoms with E-state index in [1.54, 1.807) is 18.2 Å². The number of halogens is 1. The molecule has 2 aromatic rings. The molecule has 0 bridgehead atoms. The van der Waals surface area contributed by atoms with E-state index in [1.807, 2.05) is 30.3 Å². The van der Waals surface area contributed by atoms with Gasteiger partial charge in [0, 0.05) is 0 Å². The minimum absolute atomic E-state index is 0.165. The monoisotopic (exact) mass is 376 g/mol. The Morgan fingerprint density at radius 3 is 2.05 bits per heavy atom. The van der Waals surface area contributed by atoms with Crippen LogP contribution in [0.1, 0.15) is 15.9 Å². The average molecular weight is 376 g/mol. The fraction of sp³-hybridized carbons (Fsp3) is 0. The van der Waals surface area contributed by atoms with E-state index in [9.17, 15) is 14.7 Å². The number of carbonyl (C=O) groups is 2. The summed E-state index contributed by atoms with van der Waals surface area (Å²) in [5, 5.41) is 12.4. The fourth-order valence-electron chi connectivity index (χ4n) is 2.00. The van der Waals surface area contributed by atoms with Gasteiger partial charge in [-0.15, -0.1) is 0 Å². The molecule has 3 nitrogen and oxygen atoms in total. The molecule has 0 aliphatic heterocycles. The Morgan fingerprint density at radius 2 is 1.35 bits per heavy atom. The summed E-state index contributed by atoms with van der Waals surface area (Å²) >= 11 is -0.931. The summed E-state index contributed by atoms with van der Waals surface area (Å²) in [6, 6.07) is 15.9. The van der Waals surface area contributed by atoms with Gasteiger partial charge in [-0.05, 0) is 0 Å². The third kappa shape index (κ3) is 2.16. The van der Waals surface area contributed by atoms with Crippen molar-refractivity contribution in [3.05, 3.63) is 72.9 Å². The predicted octanol–water partition coefficient (Wildman–Crippen LogP) is -1.56. The molecule has 0 amide bonds. The van der Waals surface area contributed by atoms with Gasteiger partial charge >= 0.3 is 126 Å². The molecule has 3 rings (SSSR count). The molecule has 2 aromatic carbocycles. The Morgan fingerprint density at radius 1 is 0.750 bits per heavy atom. The number of benzene rings is 2. The Balaban J connectivity index is 2.10. The molecule has 0 saturated carbocycles. The van der Waals surface area contributed by atoms with Crippen LogP contribution in [0.4, 0.5) is 0 Å². The normalized spacial score (nSPS) is 14.6. The second-order valence-corrected chi connectivity index (χ2v) is 7.10. The van der Waals surface area contributed by atoms with Crippen LogP contribution in [-0.4, -0.2) is 11.6 Å². The number of fused-ring (bicyclic) bond motifs is 1. The molecule has 0 unspecified atom stereocenters. The number of carbonyl (C=O) groups excluding carboxylic acids is 2. The molecule has 100 valence electrons. The number of rotatable bonds is 2. The van der Waals surface area contributed by atoms with Crippen LogP contribution in [0.2, 0.25) is 0 Å². The zero-order chi connectivity index (χ0) is 14.1. The van der Waals surface area contributed by atoms with E-state index in [1.165, 1.54) is 6.07 Å². The van der Waals surface area contributed by atoms with Crippen molar-refractivity contribution in [1.29, 1.82) is 0 Å². The number of hydrogen-bond donors (Lipinski definition) is 0. The van der Waals surface area contributed by atoms with Crippen LogP contribution in [0, 0.1) is 3.57 Å². The molecule has 1 aliphatic carbocycles. The van der Waals surface area contributed by atoms with Crippen LogP contribution in [-0.2, 0) is 4.79 Å². The van der Waals surface area contributed by atoms with E-state index in [-0.39, 0.29) is 14.9 Å². The fourth-order valence-corrected chi connectivity index (χ4v) is 4.42. The molecule has 20 heavy (non-hydrogen) atoms. The molecule has 0 fully saturated rings. The van der Waals surface area contributed by atoms with Gasteiger partial charge in [0.2, 0.25) is 0 Å². The van der Waals surface area contributed by atoms with Gasteiger partial charge in [-0.2, -0.15) is 0 Å². The van der Waals surface area contributed by atoms with Crippen molar-refractivity contribution in [2.45, 2.75) is 0 Å². The minimum atomic E-state index is -0.931. The zero-order valence-corrected chi connectivity index (χ0v) is 12.5. The number of Topliss-reactive ketones (excluding diaryl/α,β-unsaturated/α-hetero) is 2. The molecule has 0 radical (unpaired) electrons. The van der Waals surface area contributed by atoms with Crippen molar-refractivity contribution in [2.24, 2.45) is 0 Å². The molecule has 4 heteroatoms. The summed E-state index contributed by atoms with van der Waals surface area (Å²) < 4.78 is 1.12. The molecule has 1 aliphatic rings. The average Bonchev–Trinajstić information content (AvgIpc) is 2.50. The number of ketones is 2. The van der Waals surface area contributed by atoms with E-state index in [2.05, 4.69) is 0 Å². The standard InChI is InChI=1S/C16H10IO3/c18-14-11-8-4-5-9-12(11)15(19)16(20)13(14)17-10-6-2-1-3-7-10/h1-9,18H/q-1/p-1.